The quantitative estimate of drug-likeness (QED) is 0.483. The fourth-order valence-corrected chi connectivity index (χ4v) is 3.56. The van der Waals surface area contributed by atoms with E-state index < -0.39 is 0 Å². The molecule has 1 heterocycles. The van der Waals surface area contributed by atoms with Crippen molar-refractivity contribution in [2.75, 3.05) is 18.2 Å². The van der Waals surface area contributed by atoms with E-state index in [9.17, 15) is 4.79 Å². The summed E-state index contributed by atoms with van der Waals surface area (Å²) in [6, 6.07) is 14.8. The molecule has 0 fully saturated rings. The van der Waals surface area contributed by atoms with Gasteiger partial charge in [-0.05, 0) is 55.5 Å². The molecule has 1 atom stereocenters. The van der Waals surface area contributed by atoms with Gasteiger partial charge in [0, 0.05) is 17.2 Å². The fraction of sp³-hybridized carbons (Fsp3) is 0.250. The first-order valence-electron chi connectivity index (χ1n) is 8.84. The number of amides is 1. The molecule has 0 aliphatic carbocycles. The first-order chi connectivity index (χ1) is 14.0. The van der Waals surface area contributed by atoms with Gasteiger partial charge in [-0.1, -0.05) is 27.7 Å². The second-order valence-corrected chi connectivity index (χ2v) is 8.04. The van der Waals surface area contributed by atoms with Crippen molar-refractivity contribution in [3.63, 3.8) is 0 Å². The highest BCUT2D eigenvalue weighted by molar-refractivity contribution is 9.10. The second-order valence-electron chi connectivity index (χ2n) is 6.18. The number of nitrogens with zero attached hydrogens (tertiary/aromatic N) is 3. The average Bonchev–Trinajstić information content (AvgIpc) is 3.09. The summed E-state index contributed by atoms with van der Waals surface area (Å²) in [6.07, 6.45) is -0.299. The summed E-state index contributed by atoms with van der Waals surface area (Å²) >= 11 is 4.69. The minimum Gasteiger partial charge on any atom is -0.497 e. The molecule has 0 saturated heterocycles. The summed E-state index contributed by atoms with van der Waals surface area (Å²) in [7, 11) is 3.48. The highest BCUT2D eigenvalue weighted by Gasteiger charge is 2.18. The Kier molecular flexibility index (Phi) is 7.16. The fourth-order valence-electron chi connectivity index (χ4n) is 2.58. The molecule has 0 aliphatic rings. The van der Waals surface area contributed by atoms with E-state index in [2.05, 4.69) is 31.4 Å². The van der Waals surface area contributed by atoms with Gasteiger partial charge in [-0.2, -0.15) is 0 Å². The van der Waals surface area contributed by atoms with Gasteiger partial charge in [0.05, 0.1) is 12.9 Å². The van der Waals surface area contributed by atoms with Crippen molar-refractivity contribution in [1.82, 2.24) is 14.8 Å². The largest absolute Gasteiger partial charge is 0.497 e. The van der Waals surface area contributed by atoms with E-state index in [1.165, 1.54) is 11.8 Å². The molecule has 1 aromatic heterocycles. The number of aromatic nitrogens is 3. The topological polar surface area (TPSA) is 78.3 Å². The zero-order chi connectivity index (χ0) is 20.8. The van der Waals surface area contributed by atoms with Crippen LogP contribution in [0.2, 0.25) is 0 Å². The molecule has 0 spiro atoms. The highest BCUT2D eigenvalue weighted by atomic mass is 79.9. The number of benzene rings is 2. The predicted molar refractivity (Wildman–Crippen MR) is 117 cm³/mol. The molecule has 0 bridgehead atoms. The number of thioether (sulfide) groups is 1. The highest BCUT2D eigenvalue weighted by Crippen LogP contribution is 2.25. The Bertz CT molecular complexity index is 961. The van der Waals surface area contributed by atoms with Crippen molar-refractivity contribution in [2.24, 2.45) is 7.05 Å². The van der Waals surface area contributed by atoms with E-state index in [-0.39, 0.29) is 17.8 Å². The van der Waals surface area contributed by atoms with Gasteiger partial charge in [-0.25, -0.2) is 0 Å². The molecular formula is C20H21BrN4O3S. The summed E-state index contributed by atoms with van der Waals surface area (Å²) in [5.41, 5.74) is 0.749. The van der Waals surface area contributed by atoms with Crippen molar-refractivity contribution >= 4 is 39.3 Å². The predicted octanol–water partition coefficient (Wildman–Crippen LogP) is 4.46. The van der Waals surface area contributed by atoms with Crippen LogP contribution in [-0.2, 0) is 11.8 Å². The van der Waals surface area contributed by atoms with Gasteiger partial charge in [0.1, 0.15) is 11.5 Å². The van der Waals surface area contributed by atoms with Crippen molar-refractivity contribution in [3.05, 3.63) is 58.8 Å². The Labute approximate surface area is 181 Å². The Balaban J connectivity index is 1.56. The number of ether oxygens (including phenoxy) is 2. The molecule has 3 rings (SSSR count). The van der Waals surface area contributed by atoms with Gasteiger partial charge < -0.3 is 19.4 Å². The lowest BCUT2D eigenvalue weighted by molar-refractivity contribution is -0.113. The molecule has 1 N–H and O–H groups in total. The number of hydrogen-bond donors (Lipinski definition) is 1. The van der Waals surface area contributed by atoms with Gasteiger partial charge in [0.2, 0.25) is 5.91 Å². The maximum absolute atomic E-state index is 12.2. The monoisotopic (exact) mass is 476 g/mol. The first kappa shape index (κ1) is 21.2. The van der Waals surface area contributed by atoms with Crippen LogP contribution in [0.1, 0.15) is 18.9 Å². The number of rotatable bonds is 8. The third-order valence-corrected chi connectivity index (χ3v) is 5.61. The molecule has 7 nitrogen and oxygen atoms in total. The number of hydrogen-bond acceptors (Lipinski definition) is 6. The minimum absolute atomic E-state index is 0.107. The van der Waals surface area contributed by atoms with E-state index in [0.717, 1.165) is 15.9 Å². The maximum atomic E-state index is 12.2. The standard InChI is InChI=1S/C20H21BrN4O3S/c1-13(28-17-10-8-16(27-3)9-11-17)19-23-24-20(25(19)2)29-12-18(26)22-15-6-4-14(21)5-7-15/h4-11,13H,12H2,1-3H3,(H,22,26). The third-order valence-electron chi connectivity index (χ3n) is 4.06. The second kappa shape index (κ2) is 9.80. The smallest absolute Gasteiger partial charge is 0.234 e. The van der Waals surface area contributed by atoms with Gasteiger partial charge >= 0.3 is 0 Å². The summed E-state index contributed by atoms with van der Waals surface area (Å²) in [5.74, 6) is 2.28. The molecule has 152 valence electrons. The van der Waals surface area contributed by atoms with Crippen LogP contribution >= 0.6 is 27.7 Å². The molecule has 1 amide bonds. The molecule has 9 heteroatoms. The molecule has 2 aromatic carbocycles. The zero-order valence-corrected chi connectivity index (χ0v) is 18.7. The van der Waals surface area contributed by atoms with E-state index in [1.54, 1.807) is 7.11 Å². The summed E-state index contributed by atoms with van der Waals surface area (Å²) in [4.78, 5) is 12.2. The van der Waals surface area contributed by atoms with E-state index in [1.807, 2.05) is 67.1 Å². The van der Waals surface area contributed by atoms with E-state index in [4.69, 9.17) is 9.47 Å². The molecular weight excluding hydrogens is 456 g/mol. The van der Waals surface area contributed by atoms with Crippen molar-refractivity contribution in [1.29, 1.82) is 0 Å². The number of carbonyl (C=O) groups excluding carboxylic acids is 1. The number of anilines is 1. The average molecular weight is 477 g/mol. The SMILES string of the molecule is COc1ccc(OC(C)c2nnc(SCC(=O)Nc3ccc(Br)cc3)n2C)cc1. The van der Waals surface area contributed by atoms with E-state index in [0.29, 0.717) is 16.7 Å². The van der Waals surface area contributed by atoms with Crippen molar-refractivity contribution in [2.45, 2.75) is 18.2 Å². The molecule has 29 heavy (non-hydrogen) atoms. The number of methoxy groups -OCH3 is 1. The van der Waals surface area contributed by atoms with Gasteiger partial charge in [0.25, 0.3) is 0 Å². The molecule has 0 saturated carbocycles. The number of carbonyl (C=O) groups is 1. The van der Waals surface area contributed by atoms with Crippen LogP contribution in [0.3, 0.4) is 0 Å². The van der Waals surface area contributed by atoms with Crippen molar-refractivity contribution < 1.29 is 14.3 Å². The maximum Gasteiger partial charge on any atom is 0.234 e. The van der Waals surface area contributed by atoms with Crippen molar-refractivity contribution in [3.8, 4) is 11.5 Å². The lowest BCUT2D eigenvalue weighted by atomic mass is 10.3. The summed E-state index contributed by atoms with van der Waals surface area (Å²) in [6.45, 7) is 1.91. The van der Waals surface area contributed by atoms with Crippen LogP contribution in [0.25, 0.3) is 0 Å². The van der Waals surface area contributed by atoms with Gasteiger partial charge in [-0.15, -0.1) is 10.2 Å². The molecule has 0 radical (unpaired) electrons. The summed E-state index contributed by atoms with van der Waals surface area (Å²) in [5, 5.41) is 11.9. The Morgan fingerprint density at radius 2 is 1.79 bits per heavy atom. The van der Waals surface area contributed by atoms with Crippen LogP contribution in [-0.4, -0.2) is 33.5 Å². The zero-order valence-electron chi connectivity index (χ0n) is 16.3. The minimum atomic E-state index is -0.299. The van der Waals surface area contributed by atoms with Gasteiger partial charge in [-0.3, -0.25) is 4.79 Å². The molecule has 3 aromatic rings. The first-order valence-corrected chi connectivity index (χ1v) is 10.6. The van der Waals surface area contributed by atoms with E-state index >= 15 is 0 Å². The number of nitrogens with one attached hydrogen (secondary N) is 1. The number of halogens is 1. The van der Waals surface area contributed by atoms with Crippen LogP contribution in [0.15, 0.2) is 58.2 Å². The van der Waals surface area contributed by atoms with Gasteiger partial charge in [0.15, 0.2) is 17.1 Å². The molecule has 0 aliphatic heterocycles. The normalized spacial score (nSPS) is 11.7. The lowest BCUT2D eigenvalue weighted by Crippen LogP contribution is -2.14. The third kappa shape index (κ3) is 5.74. The van der Waals surface area contributed by atoms with Crippen LogP contribution < -0.4 is 14.8 Å². The summed E-state index contributed by atoms with van der Waals surface area (Å²) < 4.78 is 13.9. The van der Waals surface area contributed by atoms with Crippen LogP contribution in [0.5, 0.6) is 11.5 Å². The Morgan fingerprint density at radius 3 is 2.45 bits per heavy atom. The Morgan fingerprint density at radius 1 is 1.14 bits per heavy atom. The Hall–Kier alpha value is -2.52. The molecule has 1 unspecified atom stereocenters. The van der Waals surface area contributed by atoms with Crippen LogP contribution in [0.4, 0.5) is 5.69 Å². The van der Waals surface area contributed by atoms with Crippen LogP contribution in [0, 0.1) is 0 Å². The lowest BCUT2D eigenvalue weighted by Gasteiger charge is -2.14.